The molecule has 5 heteroatoms. The van der Waals surface area contributed by atoms with Crippen LogP contribution in [0.25, 0.3) is 0 Å². The number of aliphatic hydroxyl groups is 1. The molecule has 0 aliphatic carbocycles. The molecule has 0 bridgehead atoms. The van der Waals surface area contributed by atoms with Crippen LogP contribution in [0.4, 0.5) is 0 Å². The monoisotopic (exact) mass is 341 g/mol. The van der Waals surface area contributed by atoms with Gasteiger partial charge in [-0.15, -0.1) is 0 Å². The molecule has 0 amide bonds. The Bertz CT molecular complexity index is 743. The fourth-order valence-corrected chi connectivity index (χ4v) is 2.80. The SMILES string of the molecule is CC1(C)OCc2cc(C(=O)CNC(CO)c3ccccc3)ccc2O1. The summed E-state index contributed by atoms with van der Waals surface area (Å²) in [6, 6.07) is 14.7. The predicted octanol–water partition coefficient (Wildman–Crippen LogP) is 2.84. The second kappa shape index (κ2) is 7.35. The fraction of sp³-hybridized carbons (Fsp3) is 0.350. The summed E-state index contributed by atoms with van der Waals surface area (Å²) in [5.74, 6) is 0.0599. The molecular weight excluding hydrogens is 318 g/mol. The van der Waals surface area contributed by atoms with Crippen LogP contribution in [0.5, 0.6) is 5.75 Å². The highest BCUT2D eigenvalue weighted by Crippen LogP contribution is 2.31. The van der Waals surface area contributed by atoms with E-state index in [-0.39, 0.29) is 25.0 Å². The van der Waals surface area contributed by atoms with Crippen molar-refractivity contribution in [2.24, 2.45) is 0 Å². The zero-order valence-electron chi connectivity index (χ0n) is 14.5. The summed E-state index contributed by atoms with van der Waals surface area (Å²) < 4.78 is 11.4. The van der Waals surface area contributed by atoms with E-state index in [1.807, 2.05) is 56.3 Å². The predicted molar refractivity (Wildman–Crippen MR) is 94.5 cm³/mol. The van der Waals surface area contributed by atoms with Crippen molar-refractivity contribution in [3.8, 4) is 5.75 Å². The van der Waals surface area contributed by atoms with E-state index in [1.54, 1.807) is 6.07 Å². The molecule has 25 heavy (non-hydrogen) atoms. The lowest BCUT2D eigenvalue weighted by atomic mass is 10.0. The van der Waals surface area contributed by atoms with Crippen molar-refractivity contribution in [1.29, 1.82) is 0 Å². The van der Waals surface area contributed by atoms with Gasteiger partial charge < -0.3 is 19.9 Å². The average Bonchev–Trinajstić information content (AvgIpc) is 2.62. The standard InChI is InChI=1S/C20H23NO4/c1-20(2)24-13-16-10-15(8-9-19(16)25-20)18(23)11-21-17(12-22)14-6-4-3-5-7-14/h3-10,17,21-22H,11-13H2,1-2H3. The van der Waals surface area contributed by atoms with Gasteiger partial charge in [0, 0.05) is 25.0 Å². The van der Waals surface area contributed by atoms with Crippen LogP contribution >= 0.6 is 0 Å². The minimum Gasteiger partial charge on any atom is -0.463 e. The van der Waals surface area contributed by atoms with Crippen LogP contribution in [0, 0.1) is 0 Å². The van der Waals surface area contributed by atoms with Crippen LogP contribution in [0.1, 0.15) is 41.4 Å². The third-order valence-electron chi connectivity index (χ3n) is 4.21. The third-order valence-corrected chi connectivity index (χ3v) is 4.21. The van der Waals surface area contributed by atoms with E-state index in [2.05, 4.69) is 5.32 Å². The Balaban J connectivity index is 1.66. The molecule has 0 radical (unpaired) electrons. The quantitative estimate of drug-likeness (QED) is 0.791. The summed E-state index contributed by atoms with van der Waals surface area (Å²) in [4.78, 5) is 12.5. The lowest BCUT2D eigenvalue weighted by molar-refractivity contribution is -0.180. The minimum absolute atomic E-state index is 0.0398. The van der Waals surface area contributed by atoms with Gasteiger partial charge in [0.15, 0.2) is 5.78 Å². The Morgan fingerprint density at radius 2 is 2.00 bits per heavy atom. The van der Waals surface area contributed by atoms with Crippen molar-refractivity contribution in [3.63, 3.8) is 0 Å². The molecule has 5 nitrogen and oxygen atoms in total. The first-order valence-electron chi connectivity index (χ1n) is 8.37. The van der Waals surface area contributed by atoms with Crippen LogP contribution in [0.15, 0.2) is 48.5 Å². The van der Waals surface area contributed by atoms with Gasteiger partial charge in [0.1, 0.15) is 5.75 Å². The van der Waals surface area contributed by atoms with Gasteiger partial charge in [-0.1, -0.05) is 30.3 Å². The first kappa shape index (κ1) is 17.6. The van der Waals surface area contributed by atoms with Crippen LogP contribution < -0.4 is 10.1 Å². The highest BCUT2D eigenvalue weighted by molar-refractivity contribution is 5.98. The molecule has 1 aliphatic rings. The van der Waals surface area contributed by atoms with E-state index < -0.39 is 5.79 Å². The number of hydrogen-bond donors (Lipinski definition) is 2. The summed E-state index contributed by atoms with van der Waals surface area (Å²) in [5, 5.41) is 12.7. The number of Topliss-reactive ketones (excluding diaryl/α,β-unsaturated/α-hetero) is 1. The van der Waals surface area contributed by atoms with Crippen LogP contribution in [-0.2, 0) is 11.3 Å². The molecule has 2 aromatic rings. The number of nitrogens with one attached hydrogen (secondary N) is 1. The number of ketones is 1. The summed E-state index contributed by atoms with van der Waals surface area (Å²) in [6.07, 6.45) is 0. The summed E-state index contributed by atoms with van der Waals surface area (Å²) in [6.45, 7) is 4.21. The smallest absolute Gasteiger partial charge is 0.205 e. The minimum atomic E-state index is -0.649. The van der Waals surface area contributed by atoms with Gasteiger partial charge in [0.05, 0.1) is 25.8 Å². The Morgan fingerprint density at radius 1 is 1.24 bits per heavy atom. The van der Waals surface area contributed by atoms with Crippen molar-refractivity contribution < 1.29 is 19.4 Å². The van der Waals surface area contributed by atoms with E-state index >= 15 is 0 Å². The Morgan fingerprint density at radius 3 is 2.72 bits per heavy atom. The normalized spacial score (nSPS) is 16.6. The highest BCUT2D eigenvalue weighted by atomic mass is 16.7. The largest absolute Gasteiger partial charge is 0.463 e. The molecule has 1 unspecified atom stereocenters. The molecule has 0 aromatic heterocycles. The Kier molecular flexibility index (Phi) is 5.18. The molecule has 1 aliphatic heterocycles. The average molecular weight is 341 g/mol. The van der Waals surface area contributed by atoms with Crippen molar-refractivity contribution in [2.75, 3.05) is 13.2 Å². The lowest BCUT2D eigenvalue weighted by Crippen LogP contribution is -2.35. The first-order valence-corrected chi connectivity index (χ1v) is 8.37. The maximum atomic E-state index is 12.5. The molecule has 132 valence electrons. The van der Waals surface area contributed by atoms with Crippen LogP contribution in [0.2, 0.25) is 0 Å². The van der Waals surface area contributed by atoms with Gasteiger partial charge in [0.25, 0.3) is 0 Å². The highest BCUT2D eigenvalue weighted by Gasteiger charge is 2.27. The van der Waals surface area contributed by atoms with Crippen LogP contribution in [-0.4, -0.2) is 29.8 Å². The van der Waals surface area contributed by atoms with E-state index in [9.17, 15) is 9.90 Å². The maximum Gasteiger partial charge on any atom is 0.205 e. The molecule has 2 N–H and O–H groups in total. The molecule has 2 aromatic carbocycles. The van der Waals surface area contributed by atoms with Crippen LogP contribution in [0.3, 0.4) is 0 Å². The van der Waals surface area contributed by atoms with Gasteiger partial charge in [-0.3, -0.25) is 4.79 Å². The molecule has 0 saturated carbocycles. The lowest BCUT2D eigenvalue weighted by Gasteiger charge is -2.32. The maximum absolute atomic E-state index is 12.5. The number of fused-ring (bicyclic) bond motifs is 1. The third kappa shape index (κ3) is 4.25. The molecule has 0 spiro atoms. The van der Waals surface area contributed by atoms with Crippen molar-refractivity contribution >= 4 is 5.78 Å². The molecule has 3 rings (SSSR count). The van der Waals surface area contributed by atoms with Crippen molar-refractivity contribution in [2.45, 2.75) is 32.3 Å². The number of ether oxygens (including phenoxy) is 2. The molecule has 0 fully saturated rings. The molecule has 0 saturated heterocycles. The zero-order chi connectivity index (χ0) is 17.9. The van der Waals surface area contributed by atoms with Gasteiger partial charge in [0.2, 0.25) is 5.79 Å². The van der Waals surface area contributed by atoms with Gasteiger partial charge in [-0.2, -0.15) is 0 Å². The number of benzene rings is 2. The van der Waals surface area contributed by atoms with Gasteiger partial charge in [-0.25, -0.2) is 0 Å². The number of carbonyl (C=O) groups excluding carboxylic acids is 1. The van der Waals surface area contributed by atoms with Crippen molar-refractivity contribution in [3.05, 3.63) is 65.2 Å². The molecule has 1 heterocycles. The number of aliphatic hydroxyl groups excluding tert-OH is 1. The van der Waals surface area contributed by atoms with E-state index in [1.165, 1.54) is 0 Å². The topological polar surface area (TPSA) is 67.8 Å². The number of carbonyl (C=O) groups is 1. The van der Waals surface area contributed by atoms with E-state index in [4.69, 9.17) is 9.47 Å². The first-order chi connectivity index (χ1) is 12.0. The Hall–Kier alpha value is -2.21. The fourth-order valence-electron chi connectivity index (χ4n) is 2.80. The van der Waals surface area contributed by atoms with Crippen molar-refractivity contribution in [1.82, 2.24) is 5.32 Å². The van der Waals surface area contributed by atoms with Gasteiger partial charge in [-0.05, 0) is 23.8 Å². The van der Waals surface area contributed by atoms with E-state index in [0.29, 0.717) is 12.2 Å². The second-order valence-corrected chi connectivity index (χ2v) is 6.56. The number of rotatable bonds is 6. The van der Waals surface area contributed by atoms with Gasteiger partial charge >= 0.3 is 0 Å². The summed E-state index contributed by atoms with van der Waals surface area (Å²) in [5.41, 5.74) is 2.42. The second-order valence-electron chi connectivity index (χ2n) is 6.56. The summed E-state index contributed by atoms with van der Waals surface area (Å²) in [7, 11) is 0. The number of hydrogen-bond acceptors (Lipinski definition) is 5. The van der Waals surface area contributed by atoms with E-state index in [0.717, 1.165) is 16.9 Å². The zero-order valence-corrected chi connectivity index (χ0v) is 14.5. The summed E-state index contributed by atoms with van der Waals surface area (Å²) >= 11 is 0. The molecule has 1 atom stereocenters. The Labute approximate surface area is 147 Å². The molecular formula is C20H23NO4.